The van der Waals surface area contributed by atoms with Crippen molar-refractivity contribution in [2.75, 3.05) is 20.0 Å². The van der Waals surface area contributed by atoms with Crippen molar-refractivity contribution in [3.8, 4) is 0 Å². The Morgan fingerprint density at radius 1 is 1.29 bits per heavy atom. The van der Waals surface area contributed by atoms with Gasteiger partial charge in [0.2, 0.25) is 0 Å². The summed E-state index contributed by atoms with van der Waals surface area (Å²) in [5.41, 5.74) is 0.506. The second-order valence-electron chi connectivity index (χ2n) is 3.09. The van der Waals surface area contributed by atoms with Crippen molar-refractivity contribution < 1.29 is 19.1 Å². The number of hydrogen-bond acceptors (Lipinski definition) is 5. The highest BCUT2D eigenvalue weighted by molar-refractivity contribution is 7.98. The maximum Gasteiger partial charge on any atom is 0.340 e. The summed E-state index contributed by atoms with van der Waals surface area (Å²) in [6.07, 6.45) is 1.83. The summed E-state index contributed by atoms with van der Waals surface area (Å²) in [7, 11) is 1.28. The fourth-order valence-corrected chi connectivity index (χ4v) is 2.01. The highest BCUT2D eigenvalue weighted by Gasteiger charge is 2.21. The van der Waals surface area contributed by atoms with Gasteiger partial charge in [0, 0.05) is 4.90 Å². The van der Waals surface area contributed by atoms with Crippen LogP contribution in [-0.4, -0.2) is 31.9 Å². The highest BCUT2D eigenvalue weighted by Crippen LogP contribution is 2.25. The van der Waals surface area contributed by atoms with E-state index in [9.17, 15) is 9.59 Å². The number of carbonyl (C=O) groups excluding carboxylic acids is 2. The van der Waals surface area contributed by atoms with E-state index in [1.807, 2.05) is 6.26 Å². The second kappa shape index (κ2) is 6.30. The normalized spacial score (nSPS) is 9.82. The Morgan fingerprint density at radius 2 is 2.00 bits per heavy atom. The standard InChI is InChI=1S/C12H14O4S/c1-4-16-12(14)10-8(11(13)15-2)6-5-7-9(10)17-3/h5-7H,4H2,1-3H3. The van der Waals surface area contributed by atoms with Gasteiger partial charge in [-0.3, -0.25) is 0 Å². The van der Waals surface area contributed by atoms with Gasteiger partial charge in [-0.15, -0.1) is 11.8 Å². The molecule has 4 nitrogen and oxygen atoms in total. The molecule has 17 heavy (non-hydrogen) atoms. The third-order valence-corrected chi connectivity index (χ3v) is 2.91. The smallest absolute Gasteiger partial charge is 0.340 e. The Labute approximate surface area is 104 Å². The lowest BCUT2D eigenvalue weighted by atomic mass is 10.1. The number of rotatable bonds is 4. The highest BCUT2D eigenvalue weighted by atomic mass is 32.2. The van der Waals surface area contributed by atoms with Crippen LogP contribution in [0.2, 0.25) is 0 Å². The van der Waals surface area contributed by atoms with Crippen LogP contribution in [0, 0.1) is 0 Å². The second-order valence-corrected chi connectivity index (χ2v) is 3.94. The minimum Gasteiger partial charge on any atom is -0.465 e. The number of methoxy groups -OCH3 is 1. The lowest BCUT2D eigenvalue weighted by Gasteiger charge is -2.10. The van der Waals surface area contributed by atoms with E-state index in [4.69, 9.17) is 4.74 Å². The zero-order chi connectivity index (χ0) is 12.8. The third kappa shape index (κ3) is 3.00. The molecule has 0 amide bonds. The summed E-state index contributed by atoms with van der Waals surface area (Å²) in [6.45, 7) is 1.99. The van der Waals surface area contributed by atoms with Gasteiger partial charge < -0.3 is 9.47 Å². The first kappa shape index (κ1) is 13.6. The van der Waals surface area contributed by atoms with Gasteiger partial charge in [0.25, 0.3) is 0 Å². The van der Waals surface area contributed by atoms with Crippen LogP contribution in [0.25, 0.3) is 0 Å². The molecule has 1 aromatic carbocycles. The number of thioether (sulfide) groups is 1. The van der Waals surface area contributed by atoms with Gasteiger partial charge in [-0.2, -0.15) is 0 Å². The molecule has 0 aliphatic rings. The molecule has 5 heteroatoms. The van der Waals surface area contributed by atoms with E-state index in [1.165, 1.54) is 18.9 Å². The molecule has 1 aromatic rings. The summed E-state index contributed by atoms with van der Waals surface area (Å²) < 4.78 is 9.59. The molecule has 0 saturated heterocycles. The van der Waals surface area contributed by atoms with Crippen LogP contribution in [0.1, 0.15) is 27.6 Å². The Bertz CT molecular complexity index is 429. The number of ether oxygens (including phenoxy) is 2. The number of esters is 2. The molecule has 0 aliphatic carbocycles. The van der Waals surface area contributed by atoms with Crippen molar-refractivity contribution in [3.63, 3.8) is 0 Å². The first-order valence-corrected chi connectivity index (χ1v) is 6.30. The predicted octanol–water partition coefficient (Wildman–Crippen LogP) is 2.37. The topological polar surface area (TPSA) is 52.6 Å². The third-order valence-electron chi connectivity index (χ3n) is 2.13. The lowest BCUT2D eigenvalue weighted by Crippen LogP contribution is -2.14. The molecule has 92 valence electrons. The Kier molecular flexibility index (Phi) is 5.03. The molecule has 0 radical (unpaired) electrons. The first-order valence-electron chi connectivity index (χ1n) is 5.08. The quantitative estimate of drug-likeness (QED) is 0.610. The predicted molar refractivity (Wildman–Crippen MR) is 65.5 cm³/mol. The fourth-order valence-electron chi connectivity index (χ4n) is 1.40. The molecular weight excluding hydrogens is 240 g/mol. The van der Waals surface area contributed by atoms with Gasteiger partial charge in [-0.1, -0.05) is 6.07 Å². The molecule has 1 rings (SSSR count). The van der Waals surface area contributed by atoms with Crippen LogP contribution < -0.4 is 0 Å². The van der Waals surface area contributed by atoms with Crippen molar-refractivity contribution in [2.24, 2.45) is 0 Å². The van der Waals surface area contributed by atoms with E-state index in [0.717, 1.165) is 0 Å². The molecule has 0 N–H and O–H groups in total. The first-order chi connectivity index (χ1) is 8.15. The molecule has 0 unspecified atom stereocenters. The van der Waals surface area contributed by atoms with Gasteiger partial charge in [0.1, 0.15) is 0 Å². The minimum absolute atomic E-state index is 0.234. The zero-order valence-corrected chi connectivity index (χ0v) is 10.8. The Balaban J connectivity index is 3.30. The van der Waals surface area contributed by atoms with E-state index in [1.54, 1.807) is 25.1 Å². The molecule has 0 aliphatic heterocycles. The number of hydrogen-bond donors (Lipinski definition) is 0. The van der Waals surface area contributed by atoms with Crippen LogP contribution in [0.3, 0.4) is 0 Å². The SMILES string of the molecule is CCOC(=O)c1c(SC)cccc1C(=O)OC. The molecule has 0 fully saturated rings. The van der Waals surface area contributed by atoms with Crippen molar-refractivity contribution in [1.29, 1.82) is 0 Å². The van der Waals surface area contributed by atoms with Crippen LogP contribution in [0.5, 0.6) is 0 Å². The van der Waals surface area contributed by atoms with Crippen molar-refractivity contribution >= 4 is 23.7 Å². The van der Waals surface area contributed by atoms with Gasteiger partial charge in [-0.25, -0.2) is 9.59 Å². The van der Waals surface area contributed by atoms with E-state index in [-0.39, 0.29) is 17.7 Å². The number of carbonyl (C=O) groups is 2. The maximum absolute atomic E-state index is 11.8. The number of benzene rings is 1. The summed E-state index contributed by atoms with van der Waals surface area (Å²) in [5, 5.41) is 0. The largest absolute Gasteiger partial charge is 0.465 e. The van der Waals surface area contributed by atoms with E-state index in [0.29, 0.717) is 4.90 Å². The van der Waals surface area contributed by atoms with Crippen LogP contribution in [0.15, 0.2) is 23.1 Å². The molecule has 0 atom stereocenters. The van der Waals surface area contributed by atoms with Crippen LogP contribution in [-0.2, 0) is 9.47 Å². The van der Waals surface area contributed by atoms with E-state index in [2.05, 4.69) is 4.74 Å². The van der Waals surface area contributed by atoms with Gasteiger partial charge in [0.15, 0.2) is 0 Å². The van der Waals surface area contributed by atoms with Gasteiger partial charge in [-0.05, 0) is 25.3 Å². The Hall–Kier alpha value is -1.49. The molecule has 0 spiro atoms. The summed E-state index contributed by atoms with van der Waals surface area (Å²) >= 11 is 1.38. The summed E-state index contributed by atoms with van der Waals surface area (Å²) in [6, 6.07) is 5.03. The fraction of sp³-hybridized carbons (Fsp3) is 0.333. The molecule has 0 aromatic heterocycles. The lowest BCUT2D eigenvalue weighted by molar-refractivity contribution is 0.0500. The molecular formula is C12H14O4S. The van der Waals surface area contributed by atoms with Crippen LogP contribution >= 0.6 is 11.8 Å². The molecule has 0 bridgehead atoms. The summed E-state index contributed by atoms with van der Waals surface area (Å²) in [5.74, 6) is -1.04. The van der Waals surface area contributed by atoms with Crippen molar-refractivity contribution in [1.82, 2.24) is 0 Å². The minimum atomic E-state index is -0.538. The summed E-state index contributed by atoms with van der Waals surface area (Å²) in [4.78, 5) is 24.1. The maximum atomic E-state index is 11.8. The van der Waals surface area contributed by atoms with E-state index < -0.39 is 11.9 Å². The Morgan fingerprint density at radius 3 is 2.53 bits per heavy atom. The molecule has 0 heterocycles. The van der Waals surface area contributed by atoms with E-state index >= 15 is 0 Å². The monoisotopic (exact) mass is 254 g/mol. The van der Waals surface area contributed by atoms with Gasteiger partial charge in [0.05, 0.1) is 24.8 Å². The molecule has 0 saturated carbocycles. The van der Waals surface area contributed by atoms with Crippen LogP contribution in [0.4, 0.5) is 0 Å². The van der Waals surface area contributed by atoms with Crippen molar-refractivity contribution in [2.45, 2.75) is 11.8 Å². The average molecular weight is 254 g/mol. The van der Waals surface area contributed by atoms with Crippen molar-refractivity contribution in [3.05, 3.63) is 29.3 Å². The van der Waals surface area contributed by atoms with Gasteiger partial charge >= 0.3 is 11.9 Å². The zero-order valence-electron chi connectivity index (χ0n) is 9.98. The average Bonchev–Trinajstić information content (AvgIpc) is 2.37.